The Morgan fingerprint density at radius 2 is 1.63 bits per heavy atom. The molecule has 0 unspecified atom stereocenters. The van der Waals surface area contributed by atoms with E-state index in [2.05, 4.69) is 41.8 Å². The Kier molecular flexibility index (Phi) is 6.38. The number of nitrogens with one attached hydrogen (secondary N) is 2. The topological polar surface area (TPSA) is 24.1 Å². The number of hydrogen-bond donors (Lipinski definition) is 2. The van der Waals surface area contributed by atoms with Crippen LogP contribution in [0.25, 0.3) is 0 Å². The number of rotatable bonds is 7. The van der Waals surface area contributed by atoms with Gasteiger partial charge in [-0.25, -0.2) is 0 Å². The third kappa shape index (κ3) is 4.96. The van der Waals surface area contributed by atoms with Crippen LogP contribution in [0.15, 0.2) is 24.3 Å². The van der Waals surface area contributed by atoms with Crippen molar-refractivity contribution in [2.45, 2.75) is 51.5 Å². The summed E-state index contributed by atoms with van der Waals surface area (Å²) >= 11 is 0. The molecule has 1 fully saturated rings. The molecule has 106 valence electrons. The SMILES string of the molecule is CCNCCNCc1ccc(C2CCCCC2)cc1. The molecule has 0 aromatic heterocycles. The lowest BCUT2D eigenvalue weighted by Gasteiger charge is -2.22. The zero-order chi connectivity index (χ0) is 13.3. The molecule has 2 N–H and O–H groups in total. The maximum absolute atomic E-state index is 3.47. The van der Waals surface area contributed by atoms with Crippen LogP contribution in [0.4, 0.5) is 0 Å². The first-order chi connectivity index (χ1) is 9.40. The average Bonchev–Trinajstić information content (AvgIpc) is 2.49. The summed E-state index contributed by atoms with van der Waals surface area (Å²) in [7, 11) is 0. The van der Waals surface area contributed by atoms with E-state index in [0.29, 0.717) is 0 Å². The summed E-state index contributed by atoms with van der Waals surface area (Å²) in [6, 6.07) is 9.28. The predicted molar refractivity (Wildman–Crippen MR) is 82.5 cm³/mol. The van der Waals surface area contributed by atoms with Crippen molar-refractivity contribution in [1.82, 2.24) is 10.6 Å². The first-order valence-corrected chi connectivity index (χ1v) is 7.90. The summed E-state index contributed by atoms with van der Waals surface area (Å²) in [5.41, 5.74) is 2.95. The summed E-state index contributed by atoms with van der Waals surface area (Å²) in [6.07, 6.45) is 7.04. The van der Waals surface area contributed by atoms with E-state index in [4.69, 9.17) is 0 Å². The zero-order valence-electron chi connectivity index (χ0n) is 12.3. The quantitative estimate of drug-likeness (QED) is 0.734. The highest BCUT2D eigenvalue weighted by atomic mass is 14.9. The highest BCUT2D eigenvalue weighted by molar-refractivity contribution is 5.25. The van der Waals surface area contributed by atoms with E-state index in [1.807, 2.05) is 0 Å². The lowest BCUT2D eigenvalue weighted by atomic mass is 9.84. The van der Waals surface area contributed by atoms with Crippen LogP contribution in [-0.4, -0.2) is 19.6 Å². The second-order valence-corrected chi connectivity index (χ2v) is 5.61. The van der Waals surface area contributed by atoms with E-state index in [-0.39, 0.29) is 0 Å². The summed E-state index contributed by atoms with van der Waals surface area (Å²) in [4.78, 5) is 0. The molecule has 0 aliphatic heterocycles. The standard InChI is InChI=1S/C17H28N2/c1-2-18-12-13-19-14-15-8-10-17(11-9-15)16-6-4-3-5-7-16/h8-11,16,18-19H,2-7,12-14H2,1H3. The molecule has 0 saturated heterocycles. The van der Waals surface area contributed by atoms with Gasteiger partial charge < -0.3 is 10.6 Å². The van der Waals surface area contributed by atoms with Crippen LogP contribution in [0.2, 0.25) is 0 Å². The molecule has 0 atom stereocenters. The Balaban J connectivity index is 1.74. The third-order valence-electron chi connectivity index (χ3n) is 4.11. The van der Waals surface area contributed by atoms with Crippen LogP contribution in [0.1, 0.15) is 56.1 Å². The predicted octanol–water partition coefficient (Wildman–Crippen LogP) is 3.43. The van der Waals surface area contributed by atoms with E-state index in [0.717, 1.165) is 32.1 Å². The van der Waals surface area contributed by atoms with E-state index < -0.39 is 0 Å². The van der Waals surface area contributed by atoms with E-state index in [1.165, 1.54) is 37.7 Å². The fourth-order valence-corrected chi connectivity index (χ4v) is 2.93. The molecule has 0 amide bonds. The molecule has 0 spiro atoms. The van der Waals surface area contributed by atoms with Gasteiger partial charge in [0.2, 0.25) is 0 Å². The summed E-state index contributed by atoms with van der Waals surface area (Å²) in [6.45, 7) is 6.27. The summed E-state index contributed by atoms with van der Waals surface area (Å²) in [5, 5.41) is 6.80. The Morgan fingerprint density at radius 1 is 0.947 bits per heavy atom. The molecule has 1 aromatic rings. The second-order valence-electron chi connectivity index (χ2n) is 5.61. The van der Waals surface area contributed by atoms with E-state index in [1.54, 1.807) is 5.56 Å². The van der Waals surface area contributed by atoms with Gasteiger partial charge in [0.1, 0.15) is 0 Å². The Morgan fingerprint density at radius 3 is 2.32 bits per heavy atom. The molecular formula is C17H28N2. The minimum Gasteiger partial charge on any atom is -0.316 e. The molecule has 0 heterocycles. The maximum Gasteiger partial charge on any atom is 0.0206 e. The van der Waals surface area contributed by atoms with Gasteiger partial charge in [-0.2, -0.15) is 0 Å². The fourth-order valence-electron chi connectivity index (χ4n) is 2.93. The Bertz CT molecular complexity index is 339. The lowest BCUT2D eigenvalue weighted by molar-refractivity contribution is 0.443. The fraction of sp³-hybridized carbons (Fsp3) is 0.647. The first-order valence-electron chi connectivity index (χ1n) is 7.90. The maximum atomic E-state index is 3.47. The van der Waals surface area contributed by atoms with Crippen molar-refractivity contribution in [2.75, 3.05) is 19.6 Å². The molecule has 1 aliphatic carbocycles. The summed E-state index contributed by atoms with van der Waals surface area (Å²) in [5.74, 6) is 0.824. The van der Waals surface area contributed by atoms with Gasteiger partial charge in [-0.05, 0) is 36.4 Å². The van der Waals surface area contributed by atoms with Gasteiger partial charge in [-0.15, -0.1) is 0 Å². The number of likely N-dealkylation sites (N-methyl/N-ethyl adjacent to an activating group) is 1. The van der Waals surface area contributed by atoms with Crippen LogP contribution >= 0.6 is 0 Å². The van der Waals surface area contributed by atoms with Gasteiger partial charge in [-0.1, -0.05) is 50.5 Å². The lowest BCUT2D eigenvalue weighted by Crippen LogP contribution is -2.26. The largest absolute Gasteiger partial charge is 0.316 e. The molecule has 1 saturated carbocycles. The van der Waals surface area contributed by atoms with Crippen molar-refractivity contribution >= 4 is 0 Å². The third-order valence-corrected chi connectivity index (χ3v) is 4.11. The normalized spacial score (nSPS) is 16.7. The molecule has 2 rings (SSSR count). The monoisotopic (exact) mass is 260 g/mol. The highest BCUT2D eigenvalue weighted by Crippen LogP contribution is 2.32. The van der Waals surface area contributed by atoms with Gasteiger partial charge in [-0.3, -0.25) is 0 Å². The van der Waals surface area contributed by atoms with Crippen molar-refractivity contribution in [3.8, 4) is 0 Å². The van der Waals surface area contributed by atoms with Gasteiger partial charge >= 0.3 is 0 Å². The highest BCUT2D eigenvalue weighted by Gasteiger charge is 2.14. The molecule has 0 bridgehead atoms. The van der Waals surface area contributed by atoms with Gasteiger partial charge in [0.05, 0.1) is 0 Å². The van der Waals surface area contributed by atoms with E-state index >= 15 is 0 Å². The first kappa shape index (κ1) is 14.5. The van der Waals surface area contributed by atoms with Crippen LogP contribution in [0.5, 0.6) is 0 Å². The molecule has 2 nitrogen and oxygen atoms in total. The zero-order valence-corrected chi connectivity index (χ0v) is 12.3. The van der Waals surface area contributed by atoms with E-state index in [9.17, 15) is 0 Å². The van der Waals surface area contributed by atoms with Gasteiger partial charge in [0, 0.05) is 19.6 Å². The molecule has 1 aliphatic rings. The Labute approximate surface area is 118 Å². The minimum absolute atomic E-state index is 0.824. The average molecular weight is 260 g/mol. The smallest absolute Gasteiger partial charge is 0.0206 e. The molecule has 19 heavy (non-hydrogen) atoms. The minimum atomic E-state index is 0.824. The van der Waals surface area contributed by atoms with Crippen molar-refractivity contribution in [3.63, 3.8) is 0 Å². The summed E-state index contributed by atoms with van der Waals surface area (Å²) < 4.78 is 0. The number of hydrogen-bond acceptors (Lipinski definition) is 2. The van der Waals surface area contributed by atoms with Gasteiger partial charge in [0.25, 0.3) is 0 Å². The van der Waals surface area contributed by atoms with Crippen molar-refractivity contribution < 1.29 is 0 Å². The molecule has 0 radical (unpaired) electrons. The molecule has 1 aromatic carbocycles. The van der Waals surface area contributed by atoms with Crippen molar-refractivity contribution in [1.29, 1.82) is 0 Å². The molecule has 2 heteroatoms. The van der Waals surface area contributed by atoms with Gasteiger partial charge in [0.15, 0.2) is 0 Å². The van der Waals surface area contributed by atoms with Crippen LogP contribution in [-0.2, 0) is 6.54 Å². The van der Waals surface area contributed by atoms with Crippen molar-refractivity contribution in [2.24, 2.45) is 0 Å². The Hall–Kier alpha value is -0.860. The van der Waals surface area contributed by atoms with Crippen molar-refractivity contribution in [3.05, 3.63) is 35.4 Å². The molecular weight excluding hydrogens is 232 g/mol. The number of benzene rings is 1. The van der Waals surface area contributed by atoms with Crippen LogP contribution < -0.4 is 10.6 Å². The van der Waals surface area contributed by atoms with Crippen LogP contribution in [0.3, 0.4) is 0 Å². The second kappa shape index (κ2) is 8.34. The van der Waals surface area contributed by atoms with Crippen LogP contribution in [0, 0.1) is 0 Å².